The van der Waals surface area contributed by atoms with Gasteiger partial charge in [0.05, 0.1) is 19.6 Å². The number of aryl methyl sites for hydroxylation is 1. The van der Waals surface area contributed by atoms with Crippen LogP contribution in [-0.2, 0) is 4.79 Å². The van der Waals surface area contributed by atoms with Crippen LogP contribution < -0.4 is 29.4 Å². The molecule has 40 heavy (non-hydrogen) atoms. The van der Waals surface area contributed by atoms with E-state index in [1.807, 2.05) is 25.1 Å². The molecule has 2 N–H and O–H groups in total. The molecule has 4 rings (SSSR count). The zero-order valence-corrected chi connectivity index (χ0v) is 23.4. The maximum absolute atomic E-state index is 12.5. The topological polar surface area (TPSA) is 113 Å². The van der Waals surface area contributed by atoms with E-state index in [-0.39, 0.29) is 23.8 Å². The van der Waals surface area contributed by atoms with Crippen LogP contribution in [0.3, 0.4) is 0 Å². The molecule has 0 aliphatic carbocycles. The number of benzene rings is 3. The summed E-state index contributed by atoms with van der Waals surface area (Å²) >= 11 is 5.97. The van der Waals surface area contributed by atoms with Crippen LogP contribution in [0.2, 0.25) is 5.02 Å². The van der Waals surface area contributed by atoms with Crippen LogP contribution in [0.4, 0.5) is 0 Å². The molecule has 208 valence electrons. The molecule has 8 nitrogen and oxygen atoms in total. The molecular formula is C31H31ClN2O6. The van der Waals surface area contributed by atoms with Crippen molar-refractivity contribution >= 4 is 17.6 Å². The lowest BCUT2D eigenvalue weighted by atomic mass is 9.83. The highest BCUT2D eigenvalue weighted by Gasteiger charge is 2.32. The number of fused-ring (bicyclic) bond motifs is 1. The molecule has 9 heteroatoms. The number of rotatable bonds is 11. The second-order valence-corrected chi connectivity index (χ2v) is 9.70. The van der Waals surface area contributed by atoms with Crippen molar-refractivity contribution < 1.29 is 28.5 Å². The van der Waals surface area contributed by atoms with E-state index in [4.69, 9.17) is 41.0 Å². The largest absolute Gasteiger partial charge is 0.493 e. The van der Waals surface area contributed by atoms with Crippen molar-refractivity contribution in [3.05, 3.63) is 87.8 Å². The van der Waals surface area contributed by atoms with Crippen LogP contribution in [0.1, 0.15) is 48.8 Å². The quantitative estimate of drug-likeness (QED) is 0.162. The normalized spacial score (nSPS) is 14.0. The Bertz CT molecular complexity index is 1460. The molecule has 0 amide bonds. The summed E-state index contributed by atoms with van der Waals surface area (Å²) in [7, 11) is 1.57. The molecule has 1 aliphatic heterocycles. The first-order valence-electron chi connectivity index (χ1n) is 13.0. The molecule has 0 spiro atoms. The molecule has 0 saturated heterocycles. The zero-order chi connectivity index (χ0) is 28.6. The Morgan fingerprint density at radius 3 is 2.58 bits per heavy atom. The Hall–Kier alpha value is -4.35. The molecule has 1 heterocycles. The van der Waals surface area contributed by atoms with E-state index in [9.17, 15) is 10.1 Å². The monoisotopic (exact) mass is 562 g/mol. The number of esters is 1. The Morgan fingerprint density at radius 1 is 1.05 bits per heavy atom. The van der Waals surface area contributed by atoms with Crippen molar-refractivity contribution in [3.63, 3.8) is 0 Å². The number of ether oxygens (including phenoxy) is 5. The Balaban J connectivity index is 1.54. The highest BCUT2D eigenvalue weighted by Crippen LogP contribution is 2.45. The summed E-state index contributed by atoms with van der Waals surface area (Å²) in [6.07, 6.45) is 3.14. The fraction of sp³-hybridized carbons (Fsp3) is 0.290. The zero-order valence-electron chi connectivity index (χ0n) is 22.7. The number of carbonyl (C=O) groups is 1. The van der Waals surface area contributed by atoms with Crippen LogP contribution in [0.25, 0.3) is 0 Å². The van der Waals surface area contributed by atoms with Crippen LogP contribution in [0, 0.1) is 18.3 Å². The van der Waals surface area contributed by atoms with E-state index in [0.717, 1.165) is 30.4 Å². The molecule has 0 bridgehead atoms. The van der Waals surface area contributed by atoms with Gasteiger partial charge in [0, 0.05) is 16.7 Å². The third-order valence-corrected chi connectivity index (χ3v) is 6.67. The maximum Gasteiger partial charge on any atom is 0.349 e. The fourth-order valence-corrected chi connectivity index (χ4v) is 4.66. The van der Waals surface area contributed by atoms with Gasteiger partial charge >= 0.3 is 5.97 Å². The molecule has 0 fully saturated rings. The number of nitriles is 1. The van der Waals surface area contributed by atoms with E-state index < -0.39 is 11.9 Å². The van der Waals surface area contributed by atoms with Gasteiger partial charge in [-0.05, 0) is 60.9 Å². The van der Waals surface area contributed by atoms with Crippen molar-refractivity contribution in [2.75, 3.05) is 20.3 Å². The second-order valence-electron chi connectivity index (χ2n) is 9.26. The third kappa shape index (κ3) is 6.61. The van der Waals surface area contributed by atoms with Crippen LogP contribution in [0.5, 0.6) is 28.7 Å². The van der Waals surface area contributed by atoms with E-state index in [1.165, 1.54) is 0 Å². The highest BCUT2D eigenvalue weighted by molar-refractivity contribution is 6.30. The summed E-state index contributed by atoms with van der Waals surface area (Å²) in [5.41, 5.74) is 8.69. The highest BCUT2D eigenvalue weighted by atomic mass is 35.5. The molecule has 1 aliphatic rings. The summed E-state index contributed by atoms with van der Waals surface area (Å²) in [5, 5.41) is 10.5. The average molecular weight is 563 g/mol. The lowest BCUT2D eigenvalue weighted by Crippen LogP contribution is -2.22. The number of nitrogens with zero attached hydrogens (tertiary/aromatic N) is 1. The lowest BCUT2D eigenvalue weighted by molar-refractivity contribution is -0.136. The summed E-state index contributed by atoms with van der Waals surface area (Å²) in [6, 6.07) is 17.8. The third-order valence-electron chi connectivity index (χ3n) is 6.43. The van der Waals surface area contributed by atoms with Gasteiger partial charge in [0.1, 0.15) is 28.9 Å². The van der Waals surface area contributed by atoms with E-state index in [2.05, 4.69) is 13.0 Å². The number of hydrogen-bond acceptors (Lipinski definition) is 8. The Morgan fingerprint density at radius 2 is 1.85 bits per heavy atom. The first kappa shape index (κ1) is 28.7. The number of hydrogen-bond donors (Lipinski definition) is 1. The number of nitrogens with two attached hydrogens (primary N) is 1. The van der Waals surface area contributed by atoms with Crippen molar-refractivity contribution in [2.24, 2.45) is 5.73 Å². The van der Waals surface area contributed by atoms with Crippen molar-refractivity contribution in [2.45, 2.75) is 39.0 Å². The smallest absolute Gasteiger partial charge is 0.349 e. The molecule has 0 radical (unpaired) electrons. The van der Waals surface area contributed by atoms with Gasteiger partial charge in [-0.25, -0.2) is 4.79 Å². The summed E-state index contributed by atoms with van der Waals surface area (Å²) in [4.78, 5) is 12.5. The maximum atomic E-state index is 12.5. The molecule has 3 aromatic carbocycles. The minimum absolute atomic E-state index is 0.0242. The number of carbonyl (C=O) groups excluding carboxylic acids is 1. The second kappa shape index (κ2) is 13.1. The predicted molar refractivity (Wildman–Crippen MR) is 151 cm³/mol. The number of allylic oxidation sites excluding steroid dienone is 1. The van der Waals surface area contributed by atoms with Crippen LogP contribution in [0.15, 0.2) is 66.1 Å². The minimum Gasteiger partial charge on any atom is -0.493 e. The first-order valence-corrected chi connectivity index (χ1v) is 13.3. The van der Waals surface area contributed by atoms with Crippen molar-refractivity contribution in [1.29, 1.82) is 5.26 Å². The number of halogens is 1. The van der Waals surface area contributed by atoms with Crippen LogP contribution >= 0.6 is 11.6 Å². The predicted octanol–water partition coefficient (Wildman–Crippen LogP) is 6.43. The number of methoxy groups -OCH3 is 1. The van der Waals surface area contributed by atoms with Gasteiger partial charge in [-0.2, -0.15) is 5.26 Å². The van der Waals surface area contributed by atoms with E-state index in [0.29, 0.717) is 40.2 Å². The lowest BCUT2D eigenvalue weighted by Gasteiger charge is -2.27. The SMILES string of the molecule is CCCCCOc1ccc(C2C(C#N)=C(N)Oc3cc(OC(=O)COc4ccc(Cl)cc4C)ccc32)cc1OC. The van der Waals surface area contributed by atoms with Gasteiger partial charge in [-0.1, -0.05) is 43.5 Å². The average Bonchev–Trinajstić information content (AvgIpc) is 2.94. The van der Waals surface area contributed by atoms with E-state index >= 15 is 0 Å². The molecular weight excluding hydrogens is 532 g/mol. The van der Waals surface area contributed by atoms with Gasteiger partial charge in [0.15, 0.2) is 18.1 Å². The Kier molecular flexibility index (Phi) is 9.41. The summed E-state index contributed by atoms with van der Waals surface area (Å²) in [6.45, 7) is 4.27. The molecule has 3 aromatic rings. The summed E-state index contributed by atoms with van der Waals surface area (Å²) < 4.78 is 28.3. The van der Waals surface area contributed by atoms with Crippen molar-refractivity contribution in [1.82, 2.24) is 0 Å². The van der Waals surface area contributed by atoms with Crippen molar-refractivity contribution in [3.8, 4) is 34.8 Å². The van der Waals surface area contributed by atoms with Gasteiger partial charge in [0.25, 0.3) is 0 Å². The fourth-order valence-electron chi connectivity index (χ4n) is 4.43. The minimum atomic E-state index is -0.595. The van der Waals surface area contributed by atoms with Gasteiger partial charge in [0.2, 0.25) is 5.88 Å². The van der Waals surface area contributed by atoms with Crippen LogP contribution in [-0.4, -0.2) is 26.3 Å². The molecule has 1 unspecified atom stereocenters. The molecule has 0 aromatic heterocycles. The number of unbranched alkanes of at least 4 members (excludes halogenated alkanes) is 2. The van der Waals surface area contributed by atoms with E-state index in [1.54, 1.807) is 43.5 Å². The molecule has 0 saturated carbocycles. The first-order chi connectivity index (χ1) is 19.3. The Labute approximate surface area is 238 Å². The standard InChI is InChI=1S/C31H31ClN2O6/c1-4-5-6-13-37-26-11-7-20(15-28(26)36-3)30-23-10-9-22(16-27(23)40-31(34)24(30)17-33)39-29(35)18-38-25-12-8-21(32)14-19(25)2/h7-12,14-16,30H,4-6,13,18,34H2,1-3H3. The molecule has 1 atom stereocenters. The van der Waals surface area contributed by atoms with Gasteiger partial charge in [-0.15, -0.1) is 0 Å². The van der Waals surface area contributed by atoms with Gasteiger partial charge < -0.3 is 29.4 Å². The van der Waals surface area contributed by atoms with Gasteiger partial charge in [-0.3, -0.25) is 0 Å². The summed E-state index contributed by atoms with van der Waals surface area (Å²) in [5.74, 6) is 1.21.